The lowest BCUT2D eigenvalue weighted by atomic mass is 9.78. The first kappa shape index (κ1) is 35.7. The Morgan fingerprint density at radius 1 is 0.518 bits per heavy atom. The summed E-state index contributed by atoms with van der Waals surface area (Å²) in [5.74, 6) is 1.37. The lowest BCUT2D eigenvalue weighted by molar-refractivity contribution is -0.571. The summed E-state index contributed by atoms with van der Waals surface area (Å²) in [6.45, 7) is 18.0. The van der Waals surface area contributed by atoms with Crippen LogP contribution in [0.2, 0.25) is 0 Å². The molecule has 0 saturated carbocycles. The van der Waals surface area contributed by atoms with E-state index < -0.39 is 172 Å². The van der Waals surface area contributed by atoms with Crippen molar-refractivity contribution in [2.45, 2.75) is 79.5 Å². The summed E-state index contributed by atoms with van der Waals surface area (Å²) in [6.07, 6.45) is 3.52. The van der Waals surface area contributed by atoms with E-state index >= 15 is 0 Å². The molecule has 6 heteroatoms. The van der Waals surface area contributed by atoms with Gasteiger partial charge in [0.15, 0.2) is 8.07 Å². The summed E-state index contributed by atoms with van der Waals surface area (Å²) in [5, 5.41) is -1.90. The lowest BCUT2D eigenvalue weighted by Gasteiger charge is -2.34. The molecule has 0 bridgehead atoms. The Kier molecular flexibility index (Phi) is 9.10. The molecule has 3 heterocycles. The average Bonchev–Trinajstić information content (AvgIpc) is 0.874. The summed E-state index contributed by atoms with van der Waals surface area (Å²) in [5.41, 5.74) is 4.66. The Balaban J connectivity index is 1.11. The van der Waals surface area contributed by atoms with Crippen LogP contribution in [-0.4, -0.2) is 22.2 Å². The molecule has 0 aliphatic carbocycles. The van der Waals surface area contributed by atoms with Crippen molar-refractivity contribution >= 4 is 61.7 Å². The molecule has 10 aromatic carbocycles. The van der Waals surface area contributed by atoms with Gasteiger partial charge in [0.2, 0.25) is 0 Å². The second-order valence-electron chi connectivity index (χ2n) is 24.2. The number of aromatic nitrogens is 4. The number of hydrogen-bond donors (Lipinski definition) is 0. The van der Waals surface area contributed by atoms with E-state index in [1.807, 2.05) is 122 Å². The van der Waals surface area contributed by atoms with Crippen LogP contribution in [0.15, 0.2) is 261 Å². The summed E-state index contributed by atoms with van der Waals surface area (Å²) in [7, 11) is -6.26. The number of fused-ring (bicyclic) bond motifs is 4. The van der Waals surface area contributed by atoms with Gasteiger partial charge in [-0.2, -0.15) is 0 Å². The third kappa shape index (κ3) is 10.4. The Labute approximate surface area is 531 Å². The van der Waals surface area contributed by atoms with Gasteiger partial charge in [-0.3, -0.25) is 13.7 Å². The molecule has 3 aromatic heterocycles. The normalized spacial score (nSPS) is 16.0. The van der Waals surface area contributed by atoms with Gasteiger partial charge in [-0.1, -0.05) is 262 Å². The molecule has 0 aliphatic rings. The largest absolute Gasteiger partial charge is 0.458 e. The van der Waals surface area contributed by atoms with Crippen LogP contribution in [0.1, 0.15) is 108 Å². The average molecular weight is 1140 g/mol. The van der Waals surface area contributed by atoms with Gasteiger partial charge >= 0.3 is 0 Å². The number of ether oxygens (including phenoxy) is 1. The monoisotopic (exact) mass is 1140 g/mol. The van der Waals surface area contributed by atoms with Gasteiger partial charge in [0.05, 0.1) is 59.5 Å². The molecule has 0 unspecified atom stereocenters. The Morgan fingerprint density at radius 3 is 1.74 bits per heavy atom. The second kappa shape index (κ2) is 21.7. The van der Waals surface area contributed by atoms with Crippen molar-refractivity contribution < 1.29 is 38.1 Å². The van der Waals surface area contributed by atoms with E-state index in [4.69, 9.17) is 16.6 Å². The van der Waals surface area contributed by atoms with Crippen molar-refractivity contribution in [1.29, 1.82) is 0 Å². The number of nitrogens with zero attached hydrogens (tertiary/aromatic N) is 4. The number of imidazole rings is 1. The zero-order chi connectivity index (χ0) is 77.0. The van der Waals surface area contributed by atoms with E-state index in [0.717, 1.165) is 32.9 Å². The number of para-hydroxylation sites is 4. The first-order chi connectivity index (χ1) is 49.7. The highest BCUT2D eigenvalue weighted by molar-refractivity contribution is 7.19. The van der Waals surface area contributed by atoms with E-state index in [-0.39, 0.29) is 11.3 Å². The zero-order valence-corrected chi connectivity index (χ0v) is 49.6. The van der Waals surface area contributed by atoms with Crippen LogP contribution in [-0.2, 0) is 17.2 Å². The molecule has 0 amide bonds. The van der Waals surface area contributed by atoms with Crippen LogP contribution >= 0.6 is 0 Å². The number of rotatable bonds is 12. The van der Waals surface area contributed by atoms with Gasteiger partial charge in [0.1, 0.15) is 17.3 Å². The number of pyridine rings is 1. The summed E-state index contributed by atoms with van der Waals surface area (Å²) in [4.78, 5) is 4.79. The third-order valence-electron chi connectivity index (χ3n) is 15.1. The van der Waals surface area contributed by atoms with E-state index in [2.05, 4.69) is 53.9 Å². The highest BCUT2D eigenvalue weighted by Gasteiger charge is 2.41. The van der Waals surface area contributed by atoms with Gasteiger partial charge < -0.3 is 4.74 Å². The van der Waals surface area contributed by atoms with Crippen molar-refractivity contribution in [3.8, 4) is 50.9 Å². The fourth-order valence-corrected chi connectivity index (χ4v) is 14.7. The van der Waals surface area contributed by atoms with Crippen LogP contribution in [0.5, 0.6) is 11.5 Å². The van der Waals surface area contributed by atoms with Crippen molar-refractivity contribution in [2.24, 2.45) is 5.41 Å². The van der Waals surface area contributed by atoms with Crippen molar-refractivity contribution in [1.82, 2.24) is 14.1 Å². The lowest BCUT2D eigenvalue weighted by Crippen LogP contribution is -2.74. The molecule has 0 N–H and O–H groups in total. The van der Waals surface area contributed by atoms with Crippen molar-refractivity contribution in [3.63, 3.8) is 0 Å². The van der Waals surface area contributed by atoms with E-state index in [0.29, 0.717) is 50.7 Å². The third-order valence-corrected chi connectivity index (χ3v) is 19.1. The van der Waals surface area contributed by atoms with Gasteiger partial charge in [0.25, 0.3) is 6.33 Å². The molecule has 0 fully saturated rings. The minimum Gasteiger partial charge on any atom is -0.458 e. The Morgan fingerprint density at radius 2 is 1.09 bits per heavy atom. The maximum Gasteiger partial charge on any atom is 0.269 e. The maximum absolute atomic E-state index is 11.0. The molecule has 85 heavy (non-hydrogen) atoms. The van der Waals surface area contributed by atoms with Gasteiger partial charge in [-0.05, 0) is 131 Å². The highest BCUT2D eigenvalue weighted by atomic mass is 28.3. The molecule has 13 rings (SSSR count). The molecule has 5 nitrogen and oxygen atoms in total. The van der Waals surface area contributed by atoms with Crippen LogP contribution < -0.4 is 30.1 Å². The fraction of sp³-hybridized carbons (Fsp3) is 0.165. The molecule has 418 valence electrons. The summed E-state index contributed by atoms with van der Waals surface area (Å²) in [6, 6.07) is 23.2. The second-order valence-corrected chi connectivity index (χ2v) is 27.7. The summed E-state index contributed by atoms with van der Waals surface area (Å²) < 4.78 is 213. The van der Waals surface area contributed by atoms with Gasteiger partial charge in [0, 0.05) is 25.8 Å². The van der Waals surface area contributed by atoms with E-state index in [9.17, 15) is 21.9 Å². The van der Waals surface area contributed by atoms with Crippen LogP contribution in [0.3, 0.4) is 0 Å². The van der Waals surface area contributed by atoms with Crippen LogP contribution in [0, 0.1) is 11.7 Å². The van der Waals surface area contributed by atoms with Crippen molar-refractivity contribution in [2.75, 3.05) is 0 Å². The number of benzene rings is 10. The highest BCUT2D eigenvalue weighted by Crippen LogP contribution is 2.40. The van der Waals surface area contributed by atoms with Crippen LogP contribution in [0.4, 0.5) is 0 Å². The van der Waals surface area contributed by atoms with E-state index in [1.165, 1.54) is 0 Å². The first-order valence-electron chi connectivity index (χ1n) is 38.5. The summed E-state index contributed by atoms with van der Waals surface area (Å²) >= 11 is 0. The molecule has 0 radical (unpaired) electrons. The standard InChI is InChI=1S/C79H72N4OSi/c1-77(2,3)53-55-44-45-80-75(46-55)83-71-39-20-19-36-69(71)70-43-42-62(52-74(70)83)84-61-28-24-27-60(51-61)81-54-82(73-41-22-21-40-72(73)81)76-67(37-25-38-68(76)57-47-58(78(4,5)6)50-59(48-57)79(7,8)9)56-26-23-35-66(49-56)85(63-29-13-10-14-30-63,64-31-15-11-16-32-64)65-33-17-12-18-34-65/h10-52H,53H2,1-9H3/i10D,11D,12D,13D,14D,15D,16D,17D,18D,23D,26D,29D,30D,31D,32D,33D,34D,35D,49D,53D2. The topological polar surface area (TPSA) is 35.9 Å². The Hall–Kier alpha value is -9.36. The Bertz CT molecular complexity index is 5600. The van der Waals surface area contributed by atoms with Gasteiger partial charge in [-0.15, -0.1) is 0 Å². The van der Waals surface area contributed by atoms with E-state index in [1.54, 1.807) is 51.7 Å². The minimum absolute atomic E-state index is 0.0179. The van der Waals surface area contributed by atoms with Gasteiger partial charge in [-0.25, -0.2) is 4.98 Å². The predicted molar refractivity (Wildman–Crippen MR) is 357 cm³/mol. The molecular formula is C79H72N4OSi. The predicted octanol–water partition coefficient (Wildman–Crippen LogP) is 16.9. The zero-order valence-electron chi connectivity index (χ0n) is 69.6. The quantitative estimate of drug-likeness (QED) is 0.0529. The molecule has 0 spiro atoms. The van der Waals surface area contributed by atoms with Crippen LogP contribution in [0.25, 0.3) is 72.3 Å². The molecule has 13 aromatic rings. The molecule has 0 atom stereocenters. The fourth-order valence-electron chi connectivity index (χ4n) is 11.1. The van der Waals surface area contributed by atoms with Crippen molar-refractivity contribution in [3.05, 3.63) is 284 Å². The SMILES string of the molecule is [2H]c1c([2H])c([2H])c([Si](c2c([2H])c([2H])c([2H])c([2H])c2[2H])(c2c([2H])c([2H])c([2H])c([2H])c2[2H])c2c([2H])c([2H])c([2H])c(-c3cccc(-c4cc(C(C)(C)C)cc(C(C)(C)C)c4)c3-[n+]3[c-]n(-c4cccc(Oc5ccc6c7ccccc7n(-c7cc(C([2H])([2H])C(C)(C)C)ccn7)c6c5)c4)c4ccccc43)c2[2H])c([2H])c1[2H]. The minimum atomic E-state index is -6.26. The smallest absolute Gasteiger partial charge is 0.269 e. The molecule has 0 saturated heterocycles. The molecular weight excluding hydrogens is 1050 g/mol. The number of hydrogen-bond acceptors (Lipinski definition) is 2. The first-order valence-corrected chi connectivity index (χ1v) is 30.0. The maximum atomic E-state index is 11.0. The molecule has 0 aliphatic heterocycles.